The average molecular weight is 448 g/mol. The molecule has 1 saturated carbocycles. The van der Waals surface area contributed by atoms with E-state index >= 15 is 0 Å². The number of halogens is 1. The third kappa shape index (κ3) is 5.22. The summed E-state index contributed by atoms with van der Waals surface area (Å²) in [7, 11) is 0.0164. The maximum Gasteiger partial charge on any atom is 0.264 e. The normalized spacial score (nSPS) is 24.6. The van der Waals surface area contributed by atoms with Gasteiger partial charge in [0.15, 0.2) is 5.85 Å². The van der Waals surface area contributed by atoms with Crippen LogP contribution in [0.1, 0.15) is 51.4 Å². The molecule has 2 aromatic carbocycles. The number of benzene rings is 2. The van der Waals surface area contributed by atoms with Gasteiger partial charge in [-0.2, -0.15) is 0 Å². The van der Waals surface area contributed by atoms with Gasteiger partial charge in [-0.3, -0.25) is 4.57 Å². The largest absolute Gasteiger partial charge is 0.378 e. The zero-order chi connectivity index (χ0) is 22.8. The van der Waals surface area contributed by atoms with Gasteiger partial charge in [-0.25, -0.2) is 4.39 Å². The first kappa shape index (κ1) is 24.0. The van der Waals surface area contributed by atoms with Crippen LogP contribution in [0.15, 0.2) is 48.5 Å². The fraction of sp³-hybridized carbons (Fsp3) is 0.520. The monoisotopic (exact) mass is 447 g/mol. The topological polar surface area (TPSA) is 49.8 Å². The summed E-state index contributed by atoms with van der Waals surface area (Å²) in [6.45, 7) is 6.49. The lowest BCUT2D eigenvalue weighted by atomic mass is 9.75. The minimum Gasteiger partial charge on any atom is -0.378 e. The Hall–Kier alpha value is -1.68. The van der Waals surface area contributed by atoms with Crippen LogP contribution in [0.4, 0.5) is 10.1 Å². The molecule has 2 aromatic rings. The highest BCUT2D eigenvalue weighted by atomic mass is 31.2. The van der Waals surface area contributed by atoms with Crippen LogP contribution in [0.5, 0.6) is 0 Å². The molecule has 1 N–H and O–H groups in total. The van der Waals surface area contributed by atoms with Crippen LogP contribution in [-0.2, 0) is 9.09 Å². The maximum absolute atomic E-state index is 14.6. The Morgan fingerprint density at radius 3 is 2.32 bits per heavy atom. The third-order valence-electron chi connectivity index (χ3n) is 6.48. The molecule has 4 nitrogen and oxygen atoms in total. The van der Waals surface area contributed by atoms with Crippen molar-refractivity contribution < 1.29 is 18.6 Å². The smallest absolute Gasteiger partial charge is 0.264 e. The lowest BCUT2D eigenvalue weighted by Gasteiger charge is -2.40. The Kier molecular flexibility index (Phi) is 7.62. The van der Waals surface area contributed by atoms with Gasteiger partial charge in [0.25, 0.3) is 7.37 Å². The summed E-state index contributed by atoms with van der Waals surface area (Å²) in [5, 5.41) is 11.6. The Labute approximate surface area is 185 Å². The van der Waals surface area contributed by atoms with Crippen LogP contribution in [0, 0.1) is 23.6 Å². The highest BCUT2D eigenvalue weighted by molar-refractivity contribution is 7.67. The van der Waals surface area contributed by atoms with Crippen molar-refractivity contribution in [1.29, 1.82) is 0 Å². The van der Waals surface area contributed by atoms with Crippen molar-refractivity contribution in [2.24, 2.45) is 17.8 Å². The first-order chi connectivity index (χ1) is 14.6. The number of rotatable bonds is 7. The van der Waals surface area contributed by atoms with Crippen LogP contribution in [0.25, 0.3) is 0 Å². The van der Waals surface area contributed by atoms with Gasteiger partial charge in [-0.05, 0) is 60.9 Å². The molecule has 0 heterocycles. The molecule has 31 heavy (non-hydrogen) atoms. The molecule has 0 spiro atoms. The summed E-state index contributed by atoms with van der Waals surface area (Å²) in [6.07, 6.45) is 2.65. The van der Waals surface area contributed by atoms with E-state index in [1.54, 1.807) is 24.3 Å². The van der Waals surface area contributed by atoms with Gasteiger partial charge in [0.05, 0.1) is 6.10 Å². The number of hydrogen-bond acceptors (Lipinski definition) is 4. The number of hydrogen-bond donors (Lipinski definition) is 1. The summed E-state index contributed by atoms with van der Waals surface area (Å²) in [6, 6.07) is 13.1. The standard InChI is InChI=1S/C25H35FNO3P/c1-17(2)21-15-10-18(3)16-24(21)30-31(29,20-13-11-19(12-14-20)27(4)5)25(28)22-8-6-7-9-23(22)26/h6-9,11-14,17-18,21,24-25,28H,10,15-16H2,1-5H3/t18-,21-,24-,25+,31-/m1/s1. The lowest BCUT2D eigenvalue weighted by Crippen LogP contribution is -2.35. The van der Waals surface area contributed by atoms with Crippen LogP contribution >= 0.6 is 7.37 Å². The summed E-state index contributed by atoms with van der Waals surface area (Å²) < 4.78 is 35.4. The minimum atomic E-state index is -3.84. The molecular weight excluding hydrogens is 412 g/mol. The molecule has 1 aliphatic carbocycles. The van der Waals surface area contributed by atoms with Gasteiger partial charge in [0.1, 0.15) is 5.82 Å². The number of anilines is 1. The highest BCUT2D eigenvalue weighted by Gasteiger charge is 2.43. The molecule has 0 radical (unpaired) electrons. The van der Waals surface area contributed by atoms with Gasteiger partial charge in [0, 0.05) is 30.7 Å². The van der Waals surface area contributed by atoms with Crippen molar-refractivity contribution in [2.75, 3.05) is 19.0 Å². The van der Waals surface area contributed by atoms with Gasteiger partial charge in [-0.15, -0.1) is 0 Å². The van der Waals surface area contributed by atoms with Crippen LogP contribution in [0.2, 0.25) is 0 Å². The van der Waals surface area contributed by atoms with Crippen molar-refractivity contribution in [1.82, 2.24) is 0 Å². The molecule has 3 rings (SSSR count). The second kappa shape index (κ2) is 9.85. The maximum atomic E-state index is 14.6. The minimum absolute atomic E-state index is 0.00692. The molecule has 170 valence electrons. The molecule has 0 aliphatic heterocycles. The van der Waals surface area contributed by atoms with E-state index in [-0.39, 0.29) is 17.6 Å². The highest BCUT2D eigenvalue weighted by Crippen LogP contribution is 2.60. The predicted octanol–water partition coefficient (Wildman–Crippen LogP) is 5.96. The molecule has 1 fully saturated rings. The number of nitrogens with zero attached hydrogens (tertiary/aromatic N) is 1. The molecule has 0 unspecified atom stereocenters. The van der Waals surface area contributed by atoms with E-state index in [1.165, 1.54) is 12.1 Å². The zero-order valence-electron chi connectivity index (χ0n) is 19.2. The lowest BCUT2D eigenvalue weighted by molar-refractivity contribution is 0.0425. The van der Waals surface area contributed by atoms with Crippen molar-refractivity contribution in [2.45, 2.75) is 52.0 Å². The molecule has 6 heteroatoms. The van der Waals surface area contributed by atoms with Gasteiger partial charge < -0.3 is 14.5 Å². The molecule has 0 amide bonds. The average Bonchev–Trinajstić information content (AvgIpc) is 2.73. The fourth-order valence-electron chi connectivity index (χ4n) is 4.52. The first-order valence-corrected chi connectivity index (χ1v) is 12.8. The van der Waals surface area contributed by atoms with Crippen LogP contribution in [-0.4, -0.2) is 25.3 Å². The Bertz CT molecular complexity index is 915. The van der Waals surface area contributed by atoms with Gasteiger partial charge >= 0.3 is 0 Å². The van der Waals surface area contributed by atoms with E-state index in [0.29, 0.717) is 17.1 Å². The van der Waals surface area contributed by atoms with E-state index in [4.69, 9.17) is 4.52 Å². The molecule has 0 saturated heterocycles. The van der Waals surface area contributed by atoms with Crippen molar-refractivity contribution in [3.05, 3.63) is 59.9 Å². The molecule has 0 bridgehead atoms. The third-order valence-corrected chi connectivity index (χ3v) is 9.01. The second-order valence-electron chi connectivity index (χ2n) is 9.37. The summed E-state index contributed by atoms with van der Waals surface area (Å²) in [4.78, 5) is 1.94. The predicted molar refractivity (Wildman–Crippen MR) is 126 cm³/mol. The summed E-state index contributed by atoms with van der Waals surface area (Å²) in [5.41, 5.74) is 0.953. The second-order valence-corrected chi connectivity index (χ2v) is 11.8. The van der Waals surface area contributed by atoms with Gasteiger partial charge in [-0.1, -0.05) is 45.4 Å². The van der Waals surface area contributed by atoms with Crippen molar-refractivity contribution in [3.63, 3.8) is 0 Å². The van der Waals surface area contributed by atoms with Crippen LogP contribution in [0.3, 0.4) is 0 Å². The SMILES string of the molecule is CC(C)[C@H]1CC[C@@H](C)C[C@H]1O[P@](=O)(c1ccc(N(C)C)cc1)[C@H](O)c1ccccc1F. The number of aliphatic hydroxyl groups excluding tert-OH is 1. The zero-order valence-corrected chi connectivity index (χ0v) is 20.1. The van der Waals surface area contributed by atoms with Crippen molar-refractivity contribution in [3.8, 4) is 0 Å². The molecule has 1 aliphatic rings. The Balaban J connectivity index is 2.05. The van der Waals surface area contributed by atoms with Crippen LogP contribution < -0.4 is 10.2 Å². The van der Waals surface area contributed by atoms with E-state index in [9.17, 15) is 14.1 Å². The fourth-order valence-corrected chi connectivity index (χ4v) is 6.83. The van der Waals surface area contributed by atoms with E-state index in [2.05, 4.69) is 20.8 Å². The quantitative estimate of drug-likeness (QED) is 0.532. The Morgan fingerprint density at radius 1 is 1.10 bits per heavy atom. The van der Waals surface area contributed by atoms with Gasteiger partial charge in [0.2, 0.25) is 0 Å². The van der Waals surface area contributed by atoms with Crippen molar-refractivity contribution >= 4 is 18.4 Å². The van der Waals surface area contributed by atoms with E-state index in [1.807, 2.05) is 31.1 Å². The summed E-state index contributed by atoms with van der Waals surface area (Å²) in [5.74, 6) is -1.08. The molecular formula is C25H35FNO3P. The summed E-state index contributed by atoms with van der Waals surface area (Å²) >= 11 is 0. The Morgan fingerprint density at radius 2 is 1.74 bits per heavy atom. The van der Waals surface area contributed by atoms with E-state index in [0.717, 1.165) is 24.9 Å². The van der Waals surface area contributed by atoms with E-state index < -0.39 is 19.0 Å². The molecule has 5 atom stereocenters. The molecule has 0 aromatic heterocycles. The first-order valence-electron chi connectivity index (χ1n) is 11.1. The number of aliphatic hydroxyl groups is 1.